The standard InChI is InChI=1S/C12H13FN2O.BFH2IP/c13-9-1-2-10-11(7-9)16-15-12(10)8-3-5-14-6-4-8;2-1(3)4/h1-2,7-8,14H,3-6H2;4H2. The first-order valence-corrected chi connectivity index (χ1v) is 8.28. The predicted molar refractivity (Wildman–Crippen MR) is 89.4 cm³/mol. The molecule has 1 fully saturated rings. The molecule has 0 spiro atoms. The minimum atomic E-state index is -0.780. The predicted octanol–water partition coefficient (Wildman–Crippen LogP) is 3.68. The molecular weight excluding hydrogens is 395 g/mol. The molecule has 3 rings (SSSR count). The molecule has 1 unspecified atom stereocenters. The number of nitrogens with one attached hydrogen (secondary N) is 1. The van der Waals surface area contributed by atoms with E-state index in [0.29, 0.717) is 11.5 Å². The Morgan fingerprint density at radius 1 is 1.40 bits per heavy atom. The van der Waals surface area contributed by atoms with Crippen LogP contribution in [0.5, 0.6) is 0 Å². The zero-order valence-corrected chi connectivity index (χ0v) is 14.1. The van der Waals surface area contributed by atoms with Gasteiger partial charge in [-0.15, -0.1) is 9.12 Å². The van der Waals surface area contributed by atoms with Crippen molar-refractivity contribution >= 4 is 47.0 Å². The van der Waals surface area contributed by atoms with Crippen LogP contribution in [-0.4, -0.2) is 22.8 Å². The summed E-state index contributed by atoms with van der Waals surface area (Å²) in [4.78, 5) is 0. The second kappa shape index (κ2) is 7.66. The van der Waals surface area contributed by atoms with Crippen molar-refractivity contribution in [3.05, 3.63) is 29.7 Å². The SMILES string of the molecule is FB(P)I.Fc1ccc2c(C3CCNCC3)noc2c1. The van der Waals surface area contributed by atoms with Crippen LogP contribution < -0.4 is 5.32 Å². The van der Waals surface area contributed by atoms with Crippen LogP contribution in [0.1, 0.15) is 24.5 Å². The number of fused-ring (bicyclic) bond motifs is 1. The lowest BCUT2D eigenvalue weighted by molar-refractivity contribution is 0.403. The van der Waals surface area contributed by atoms with E-state index >= 15 is 0 Å². The highest BCUT2D eigenvalue weighted by Crippen LogP contribution is 2.30. The summed E-state index contributed by atoms with van der Waals surface area (Å²) in [7, 11) is 1.98. The highest BCUT2D eigenvalue weighted by Gasteiger charge is 2.21. The molecule has 0 saturated carbocycles. The summed E-state index contributed by atoms with van der Waals surface area (Å²) in [6, 6.07) is 4.62. The number of aromatic nitrogens is 1. The van der Waals surface area contributed by atoms with Crippen LogP contribution in [0.15, 0.2) is 22.7 Å². The largest absolute Gasteiger partial charge is 0.435 e. The molecular formula is C12H15BF2IN2OP. The third-order valence-electron chi connectivity index (χ3n) is 3.19. The van der Waals surface area contributed by atoms with E-state index in [-0.39, 0.29) is 5.82 Å². The van der Waals surface area contributed by atoms with Crippen LogP contribution >= 0.6 is 31.5 Å². The first-order chi connectivity index (χ1) is 9.58. The summed E-state index contributed by atoms with van der Waals surface area (Å²) in [6.45, 7) is 2.03. The van der Waals surface area contributed by atoms with Gasteiger partial charge in [0.1, 0.15) is 5.82 Å². The normalized spacial score (nSPS) is 15.8. The van der Waals surface area contributed by atoms with E-state index in [1.54, 1.807) is 28.4 Å². The van der Waals surface area contributed by atoms with E-state index in [2.05, 4.69) is 10.5 Å². The average Bonchev–Trinajstić information content (AvgIpc) is 2.82. The molecule has 8 heteroatoms. The molecule has 20 heavy (non-hydrogen) atoms. The smallest absolute Gasteiger partial charge is 0.356 e. The van der Waals surface area contributed by atoms with Crippen LogP contribution in [0.3, 0.4) is 0 Å². The highest BCUT2D eigenvalue weighted by molar-refractivity contribution is 14.1. The molecule has 1 aliphatic heterocycles. The Balaban J connectivity index is 0.000000328. The fourth-order valence-corrected chi connectivity index (χ4v) is 2.32. The van der Waals surface area contributed by atoms with Gasteiger partial charge in [-0.3, -0.25) is 0 Å². The molecule has 2 aromatic rings. The summed E-state index contributed by atoms with van der Waals surface area (Å²) < 4.78 is 28.3. The zero-order chi connectivity index (χ0) is 14.5. The molecule has 108 valence electrons. The van der Waals surface area contributed by atoms with Gasteiger partial charge in [-0.05, 0) is 38.1 Å². The molecule has 1 N–H and O–H groups in total. The molecule has 2 heterocycles. The second-order valence-corrected chi connectivity index (χ2v) is 7.70. The number of nitrogens with zero attached hydrogens (tertiary/aromatic N) is 1. The third kappa shape index (κ3) is 4.36. The summed E-state index contributed by atoms with van der Waals surface area (Å²) in [5, 5.41) is 8.36. The number of benzene rings is 1. The van der Waals surface area contributed by atoms with Gasteiger partial charge in [0.05, 0.1) is 5.69 Å². The maximum Gasteiger partial charge on any atom is 0.435 e. The number of rotatable bonds is 1. The van der Waals surface area contributed by atoms with E-state index in [1.807, 2.05) is 9.12 Å². The molecule has 1 aromatic carbocycles. The Labute approximate surface area is 132 Å². The molecule has 1 atom stereocenters. The maximum atomic E-state index is 13.0. The molecule has 0 bridgehead atoms. The number of hydrogen-bond acceptors (Lipinski definition) is 3. The van der Waals surface area contributed by atoms with E-state index in [1.165, 1.54) is 12.1 Å². The summed E-state index contributed by atoms with van der Waals surface area (Å²) >= 11 is 1.64. The van der Waals surface area contributed by atoms with E-state index < -0.39 is 4.57 Å². The van der Waals surface area contributed by atoms with Gasteiger partial charge < -0.3 is 14.2 Å². The zero-order valence-electron chi connectivity index (χ0n) is 10.8. The molecule has 1 aromatic heterocycles. The van der Waals surface area contributed by atoms with Crippen LogP contribution in [-0.2, 0) is 0 Å². The molecule has 0 amide bonds. The van der Waals surface area contributed by atoms with Gasteiger partial charge in [-0.2, -0.15) is 0 Å². The van der Waals surface area contributed by atoms with Gasteiger partial charge >= 0.3 is 4.57 Å². The van der Waals surface area contributed by atoms with Crippen molar-refractivity contribution in [1.29, 1.82) is 0 Å². The Morgan fingerprint density at radius 3 is 2.70 bits per heavy atom. The van der Waals surface area contributed by atoms with E-state index in [0.717, 1.165) is 37.0 Å². The average molecular weight is 410 g/mol. The van der Waals surface area contributed by atoms with Gasteiger partial charge in [0.15, 0.2) is 5.58 Å². The Kier molecular flexibility index (Phi) is 6.17. The minimum absolute atomic E-state index is 0.277. The fourth-order valence-electron chi connectivity index (χ4n) is 2.32. The van der Waals surface area contributed by atoms with Crippen molar-refractivity contribution in [1.82, 2.24) is 10.5 Å². The number of halogens is 3. The Morgan fingerprint density at radius 2 is 2.05 bits per heavy atom. The summed E-state index contributed by atoms with van der Waals surface area (Å²) in [5.41, 5.74) is 1.53. The Bertz CT molecular complexity index is 561. The van der Waals surface area contributed by atoms with Gasteiger partial charge in [0, 0.05) is 17.4 Å². The lowest BCUT2D eigenvalue weighted by Gasteiger charge is -2.20. The van der Waals surface area contributed by atoms with Crippen LogP contribution in [0.2, 0.25) is 0 Å². The van der Waals surface area contributed by atoms with Gasteiger partial charge in [-0.25, -0.2) is 4.39 Å². The van der Waals surface area contributed by atoms with Crippen molar-refractivity contribution < 1.29 is 13.2 Å². The quantitative estimate of drug-likeness (QED) is 0.443. The topological polar surface area (TPSA) is 38.1 Å². The van der Waals surface area contributed by atoms with Crippen LogP contribution in [0, 0.1) is 5.82 Å². The van der Waals surface area contributed by atoms with Crippen LogP contribution in [0.25, 0.3) is 11.0 Å². The van der Waals surface area contributed by atoms with E-state index in [9.17, 15) is 8.71 Å². The molecule has 1 aliphatic rings. The van der Waals surface area contributed by atoms with Crippen molar-refractivity contribution in [2.75, 3.05) is 13.1 Å². The first kappa shape index (κ1) is 16.1. The molecule has 1 saturated heterocycles. The van der Waals surface area contributed by atoms with E-state index in [4.69, 9.17) is 4.52 Å². The molecule has 0 aliphatic carbocycles. The van der Waals surface area contributed by atoms with Crippen molar-refractivity contribution in [2.45, 2.75) is 18.8 Å². The summed E-state index contributed by atoms with van der Waals surface area (Å²) in [6.07, 6.45) is 2.14. The van der Waals surface area contributed by atoms with Crippen molar-refractivity contribution in [3.63, 3.8) is 0 Å². The van der Waals surface area contributed by atoms with Crippen molar-refractivity contribution in [3.8, 4) is 0 Å². The van der Waals surface area contributed by atoms with Gasteiger partial charge in [-0.1, -0.05) is 27.5 Å². The number of hydrogen-bond donors (Lipinski definition) is 1. The highest BCUT2D eigenvalue weighted by atomic mass is 127. The van der Waals surface area contributed by atoms with Gasteiger partial charge in [0.25, 0.3) is 0 Å². The maximum absolute atomic E-state index is 13.0. The molecule has 3 nitrogen and oxygen atoms in total. The lowest BCUT2D eigenvalue weighted by Crippen LogP contribution is -2.26. The first-order valence-electron chi connectivity index (χ1n) is 6.37. The third-order valence-corrected chi connectivity index (χ3v) is 3.19. The molecule has 0 radical (unpaired) electrons. The van der Waals surface area contributed by atoms with Crippen molar-refractivity contribution in [2.24, 2.45) is 0 Å². The lowest BCUT2D eigenvalue weighted by atomic mass is 9.93. The van der Waals surface area contributed by atoms with Crippen LogP contribution in [0.4, 0.5) is 8.71 Å². The number of piperidine rings is 1. The minimum Gasteiger partial charge on any atom is -0.356 e. The Hall–Kier alpha value is -0.265. The second-order valence-electron chi connectivity index (χ2n) is 4.57. The monoisotopic (exact) mass is 410 g/mol. The van der Waals surface area contributed by atoms with Gasteiger partial charge in [0.2, 0.25) is 0 Å². The fraction of sp³-hybridized carbons (Fsp3) is 0.417. The summed E-state index contributed by atoms with van der Waals surface area (Å²) in [5.74, 6) is 0.161.